The number of aromatic nitrogens is 2. The molecule has 2 aromatic heterocycles. The Bertz CT molecular complexity index is 1260. The quantitative estimate of drug-likeness (QED) is 0.527. The van der Waals surface area contributed by atoms with Crippen molar-refractivity contribution in [3.63, 3.8) is 0 Å². The molecule has 4 heterocycles. The summed E-state index contributed by atoms with van der Waals surface area (Å²) in [6, 6.07) is 6.81. The number of thiophene rings is 1. The topological polar surface area (TPSA) is 78.4 Å². The van der Waals surface area contributed by atoms with Gasteiger partial charge in [0.15, 0.2) is 0 Å². The van der Waals surface area contributed by atoms with Crippen LogP contribution < -0.4 is 5.32 Å². The summed E-state index contributed by atoms with van der Waals surface area (Å²) in [5.41, 5.74) is 5.00. The van der Waals surface area contributed by atoms with Crippen LogP contribution in [0.15, 0.2) is 24.5 Å². The summed E-state index contributed by atoms with van der Waals surface area (Å²) in [7, 11) is 0. The molecule has 3 aromatic rings. The summed E-state index contributed by atoms with van der Waals surface area (Å²) in [6.07, 6.45) is 1.58. The lowest BCUT2D eigenvalue weighted by Crippen LogP contribution is -2.53. The van der Waals surface area contributed by atoms with Gasteiger partial charge in [0.25, 0.3) is 5.24 Å². The SMILES string of the molecule is Cc1cc(Cl)cc(-c2ncnc3cc(CN4C(=O)CSC4=O)sc23)c1CN1C[C@@H](C)NC[C@@H]1C. The van der Waals surface area contributed by atoms with E-state index in [9.17, 15) is 9.59 Å². The number of fused-ring (bicyclic) bond motifs is 1. The minimum absolute atomic E-state index is 0.147. The van der Waals surface area contributed by atoms with Crippen LogP contribution >= 0.6 is 34.7 Å². The van der Waals surface area contributed by atoms with E-state index in [1.807, 2.05) is 18.2 Å². The molecule has 7 nitrogen and oxygen atoms in total. The molecular formula is C24H26ClN5O2S2. The number of imide groups is 1. The summed E-state index contributed by atoms with van der Waals surface area (Å²) >= 11 is 9.10. The normalized spacial score (nSPS) is 21.7. The Labute approximate surface area is 211 Å². The van der Waals surface area contributed by atoms with Crippen LogP contribution in [-0.4, -0.2) is 61.8 Å². The maximum atomic E-state index is 12.1. The van der Waals surface area contributed by atoms with Crippen LogP contribution in [0.5, 0.6) is 0 Å². The number of halogens is 1. The molecule has 2 amide bonds. The van der Waals surface area contributed by atoms with Crippen molar-refractivity contribution >= 4 is 56.1 Å². The Morgan fingerprint density at radius 3 is 2.76 bits per heavy atom. The monoisotopic (exact) mass is 515 g/mol. The number of nitrogens with zero attached hydrogens (tertiary/aromatic N) is 4. The number of aryl methyl sites for hydroxylation is 1. The van der Waals surface area contributed by atoms with Gasteiger partial charge >= 0.3 is 0 Å². The van der Waals surface area contributed by atoms with Crippen LogP contribution in [0.3, 0.4) is 0 Å². The summed E-state index contributed by atoms with van der Waals surface area (Å²) in [5.74, 6) is 0.0640. The molecule has 1 aromatic carbocycles. The Balaban J connectivity index is 1.55. The first-order chi connectivity index (χ1) is 16.3. The van der Waals surface area contributed by atoms with Crippen LogP contribution in [0.25, 0.3) is 21.5 Å². The van der Waals surface area contributed by atoms with E-state index < -0.39 is 0 Å². The highest BCUT2D eigenvalue weighted by atomic mass is 35.5. The molecule has 0 radical (unpaired) electrons. The number of rotatable bonds is 5. The van der Waals surface area contributed by atoms with Crippen LogP contribution in [-0.2, 0) is 17.9 Å². The van der Waals surface area contributed by atoms with Crippen LogP contribution in [0, 0.1) is 6.92 Å². The van der Waals surface area contributed by atoms with E-state index in [1.54, 1.807) is 6.33 Å². The maximum Gasteiger partial charge on any atom is 0.289 e. The highest BCUT2D eigenvalue weighted by Gasteiger charge is 2.30. The van der Waals surface area contributed by atoms with E-state index in [1.165, 1.54) is 21.8 Å². The minimum Gasteiger partial charge on any atom is -0.311 e. The van der Waals surface area contributed by atoms with Crippen molar-refractivity contribution in [1.29, 1.82) is 0 Å². The maximum absolute atomic E-state index is 12.1. The number of hydrogen-bond acceptors (Lipinski definition) is 8. The molecule has 178 valence electrons. The van der Waals surface area contributed by atoms with E-state index in [2.05, 4.69) is 41.0 Å². The zero-order chi connectivity index (χ0) is 24.0. The third-order valence-electron chi connectivity index (χ3n) is 6.46. The summed E-state index contributed by atoms with van der Waals surface area (Å²) in [4.78, 5) is 38.0. The van der Waals surface area contributed by atoms with Gasteiger partial charge in [-0.2, -0.15) is 0 Å². The molecule has 2 aliphatic rings. The summed E-state index contributed by atoms with van der Waals surface area (Å²) in [6.45, 7) is 9.57. The second-order valence-electron chi connectivity index (χ2n) is 9.02. The molecule has 0 unspecified atom stereocenters. The first-order valence-corrected chi connectivity index (χ1v) is 13.5. The largest absolute Gasteiger partial charge is 0.311 e. The van der Waals surface area contributed by atoms with Gasteiger partial charge in [0.05, 0.1) is 28.2 Å². The second-order valence-corrected chi connectivity index (χ2v) is 11.5. The fourth-order valence-corrected chi connectivity index (χ4v) is 6.68. The van der Waals surface area contributed by atoms with Crippen LogP contribution in [0.4, 0.5) is 4.79 Å². The van der Waals surface area contributed by atoms with Crippen molar-refractivity contribution in [3.8, 4) is 11.3 Å². The van der Waals surface area contributed by atoms with Gasteiger partial charge in [-0.15, -0.1) is 11.3 Å². The first kappa shape index (κ1) is 23.7. The standard InChI is InChI=1S/C24H26ClN5O2S2/c1-13-4-16(25)5-18(19(13)10-29-8-14(2)26-7-15(29)3)22-23-20(27-12-28-22)6-17(34-23)9-30-21(31)11-33-24(30)32/h4-6,12,14-15,26H,7-11H2,1-3H3/t14-,15+/m1/s1. The molecule has 2 saturated heterocycles. The van der Waals surface area contributed by atoms with Crippen LogP contribution in [0.1, 0.15) is 29.9 Å². The van der Waals surface area contributed by atoms with Crippen molar-refractivity contribution in [2.45, 2.75) is 45.9 Å². The van der Waals surface area contributed by atoms with Crippen molar-refractivity contribution in [2.24, 2.45) is 0 Å². The number of hydrogen-bond donors (Lipinski definition) is 1. The third kappa shape index (κ3) is 4.59. The summed E-state index contributed by atoms with van der Waals surface area (Å²) in [5, 5.41) is 4.02. The number of benzene rings is 1. The average Bonchev–Trinajstić information content (AvgIpc) is 3.35. The molecule has 0 bridgehead atoms. The molecule has 0 spiro atoms. The van der Waals surface area contributed by atoms with E-state index in [0.29, 0.717) is 17.1 Å². The Kier molecular flexibility index (Phi) is 6.65. The number of nitrogens with one attached hydrogen (secondary N) is 1. The van der Waals surface area contributed by atoms with Crippen molar-refractivity contribution < 1.29 is 9.59 Å². The number of carbonyl (C=O) groups excluding carboxylic acids is 2. The van der Waals surface area contributed by atoms with E-state index in [-0.39, 0.29) is 23.4 Å². The molecule has 2 aliphatic heterocycles. The number of thioether (sulfide) groups is 1. The second kappa shape index (κ2) is 9.54. The summed E-state index contributed by atoms with van der Waals surface area (Å²) < 4.78 is 0.939. The Morgan fingerprint density at radius 1 is 1.18 bits per heavy atom. The fraction of sp³-hybridized carbons (Fsp3) is 0.417. The highest BCUT2D eigenvalue weighted by Crippen LogP contribution is 2.38. The predicted molar refractivity (Wildman–Crippen MR) is 138 cm³/mol. The van der Waals surface area contributed by atoms with Crippen molar-refractivity contribution in [1.82, 2.24) is 25.1 Å². The van der Waals surface area contributed by atoms with Crippen molar-refractivity contribution in [3.05, 3.63) is 45.6 Å². The third-order valence-corrected chi connectivity index (χ3v) is 8.66. The van der Waals surface area contributed by atoms with Crippen LogP contribution in [0.2, 0.25) is 5.02 Å². The lowest BCUT2D eigenvalue weighted by Gasteiger charge is -2.38. The fourth-order valence-electron chi connectivity index (χ4n) is 4.58. The van der Waals surface area contributed by atoms with Gasteiger partial charge in [0, 0.05) is 47.2 Å². The molecule has 0 saturated carbocycles. The molecule has 5 rings (SSSR count). The number of amides is 2. The van der Waals surface area contributed by atoms with E-state index >= 15 is 0 Å². The van der Waals surface area contributed by atoms with Gasteiger partial charge < -0.3 is 5.32 Å². The lowest BCUT2D eigenvalue weighted by molar-refractivity contribution is -0.124. The first-order valence-electron chi connectivity index (χ1n) is 11.3. The minimum atomic E-state index is -0.194. The van der Waals surface area contributed by atoms with Gasteiger partial charge in [0.1, 0.15) is 6.33 Å². The van der Waals surface area contributed by atoms with Gasteiger partial charge in [0.2, 0.25) is 5.91 Å². The van der Waals surface area contributed by atoms with Gasteiger partial charge in [-0.05, 0) is 50.1 Å². The smallest absolute Gasteiger partial charge is 0.289 e. The van der Waals surface area contributed by atoms with Gasteiger partial charge in [-0.1, -0.05) is 23.4 Å². The Morgan fingerprint density at radius 2 is 2.00 bits per heavy atom. The average molecular weight is 516 g/mol. The van der Waals surface area contributed by atoms with Gasteiger partial charge in [-0.3, -0.25) is 19.4 Å². The molecule has 10 heteroatoms. The van der Waals surface area contributed by atoms with Crippen molar-refractivity contribution in [2.75, 3.05) is 18.8 Å². The predicted octanol–water partition coefficient (Wildman–Crippen LogP) is 4.70. The zero-order valence-corrected chi connectivity index (χ0v) is 21.7. The lowest BCUT2D eigenvalue weighted by atomic mass is 9.97. The Hall–Kier alpha value is -2.04. The molecule has 34 heavy (non-hydrogen) atoms. The molecule has 1 N–H and O–H groups in total. The van der Waals surface area contributed by atoms with E-state index in [4.69, 9.17) is 11.6 Å². The molecule has 2 fully saturated rings. The van der Waals surface area contributed by atoms with E-state index in [0.717, 1.165) is 63.3 Å². The van der Waals surface area contributed by atoms with Gasteiger partial charge in [-0.25, -0.2) is 9.97 Å². The highest BCUT2D eigenvalue weighted by molar-refractivity contribution is 8.14. The number of piperazine rings is 1. The molecule has 2 atom stereocenters. The molecule has 0 aliphatic carbocycles. The number of carbonyl (C=O) groups is 2. The zero-order valence-electron chi connectivity index (χ0n) is 19.3. The molecular weight excluding hydrogens is 490 g/mol.